The van der Waals surface area contributed by atoms with Gasteiger partial charge in [0.05, 0.1) is 10.5 Å². The van der Waals surface area contributed by atoms with Crippen LogP contribution in [0.4, 0.5) is 17.1 Å². The normalized spacial score (nSPS) is 10.1. The first kappa shape index (κ1) is 14.5. The zero-order chi connectivity index (χ0) is 15.4. The SMILES string of the molecule is CCN(C(=O)c1cccc([N+](=O)[O-])c1N)c1ccccc1. The monoisotopic (exact) mass is 285 g/mol. The largest absolute Gasteiger partial charge is 0.393 e. The molecule has 0 radical (unpaired) electrons. The molecule has 0 unspecified atom stereocenters. The smallest absolute Gasteiger partial charge is 0.292 e. The van der Waals surface area contributed by atoms with Gasteiger partial charge >= 0.3 is 0 Å². The summed E-state index contributed by atoms with van der Waals surface area (Å²) in [5, 5.41) is 10.9. The Morgan fingerprint density at radius 2 is 1.86 bits per heavy atom. The summed E-state index contributed by atoms with van der Waals surface area (Å²) in [5.41, 5.74) is 6.25. The van der Waals surface area contributed by atoms with Gasteiger partial charge in [-0.05, 0) is 25.1 Å². The van der Waals surface area contributed by atoms with Crippen LogP contribution >= 0.6 is 0 Å². The fourth-order valence-corrected chi connectivity index (χ4v) is 2.10. The lowest BCUT2D eigenvalue weighted by molar-refractivity contribution is -0.383. The van der Waals surface area contributed by atoms with Gasteiger partial charge in [0, 0.05) is 18.3 Å². The van der Waals surface area contributed by atoms with Crippen molar-refractivity contribution in [2.45, 2.75) is 6.92 Å². The minimum Gasteiger partial charge on any atom is -0.393 e. The number of hydrogen-bond donors (Lipinski definition) is 1. The molecule has 0 aromatic heterocycles. The number of anilines is 2. The number of benzene rings is 2. The lowest BCUT2D eigenvalue weighted by Gasteiger charge is -2.21. The average Bonchev–Trinajstić information content (AvgIpc) is 2.49. The highest BCUT2D eigenvalue weighted by Crippen LogP contribution is 2.27. The number of para-hydroxylation sites is 2. The Bertz CT molecular complexity index is 671. The molecule has 2 aromatic rings. The van der Waals surface area contributed by atoms with Gasteiger partial charge in [0.15, 0.2) is 0 Å². The highest BCUT2D eigenvalue weighted by Gasteiger charge is 2.23. The van der Waals surface area contributed by atoms with Gasteiger partial charge in [0.2, 0.25) is 0 Å². The van der Waals surface area contributed by atoms with Crippen molar-refractivity contribution in [1.82, 2.24) is 0 Å². The number of nitro benzene ring substituents is 1. The maximum Gasteiger partial charge on any atom is 0.292 e. The van der Waals surface area contributed by atoms with Gasteiger partial charge in [-0.2, -0.15) is 0 Å². The molecule has 108 valence electrons. The molecule has 2 rings (SSSR count). The maximum absolute atomic E-state index is 12.6. The lowest BCUT2D eigenvalue weighted by atomic mass is 10.1. The van der Waals surface area contributed by atoms with Gasteiger partial charge in [-0.15, -0.1) is 0 Å². The van der Waals surface area contributed by atoms with E-state index in [0.717, 1.165) is 5.69 Å². The summed E-state index contributed by atoms with van der Waals surface area (Å²) in [7, 11) is 0. The Morgan fingerprint density at radius 3 is 2.43 bits per heavy atom. The number of hydrogen-bond acceptors (Lipinski definition) is 4. The minimum absolute atomic E-state index is 0.109. The molecule has 0 atom stereocenters. The fraction of sp³-hybridized carbons (Fsp3) is 0.133. The Balaban J connectivity index is 2.44. The Morgan fingerprint density at radius 1 is 1.19 bits per heavy atom. The van der Waals surface area contributed by atoms with Crippen molar-refractivity contribution in [3.05, 3.63) is 64.2 Å². The van der Waals surface area contributed by atoms with Crippen molar-refractivity contribution in [3.8, 4) is 0 Å². The third-order valence-corrected chi connectivity index (χ3v) is 3.14. The number of carbonyl (C=O) groups excluding carboxylic acids is 1. The van der Waals surface area contributed by atoms with Crippen molar-refractivity contribution in [2.24, 2.45) is 0 Å². The van der Waals surface area contributed by atoms with Crippen LogP contribution in [0.3, 0.4) is 0 Å². The van der Waals surface area contributed by atoms with E-state index in [2.05, 4.69) is 0 Å². The molecule has 0 aliphatic carbocycles. The van der Waals surface area contributed by atoms with E-state index >= 15 is 0 Å². The summed E-state index contributed by atoms with van der Waals surface area (Å²) >= 11 is 0. The molecular weight excluding hydrogens is 270 g/mol. The van der Waals surface area contributed by atoms with Gasteiger partial charge in [0.1, 0.15) is 5.69 Å². The molecule has 1 amide bonds. The molecule has 0 aliphatic rings. The number of amides is 1. The van der Waals surface area contributed by atoms with Gasteiger partial charge < -0.3 is 10.6 Å². The molecule has 0 bridgehead atoms. The first-order valence-corrected chi connectivity index (χ1v) is 6.46. The molecule has 0 aliphatic heterocycles. The summed E-state index contributed by atoms with van der Waals surface area (Å²) in [6.07, 6.45) is 0. The second-order valence-corrected chi connectivity index (χ2v) is 4.38. The van der Waals surface area contributed by atoms with E-state index < -0.39 is 4.92 Å². The van der Waals surface area contributed by atoms with Crippen LogP contribution in [0.5, 0.6) is 0 Å². The quantitative estimate of drug-likeness (QED) is 0.531. The summed E-state index contributed by atoms with van der Waals surface area (Å²) < 4.78 is 0. The third kappa shape index (κ3) is 2.84. The van der Waals surface area contributed by atoms with Crippen molar-refractivity contribution in [1.29, 1.82) is 0 Å². The van der Waals surface area contributed by atoms with Crippen LogP contribution in [0, 0.1) is 10.1 Å². The number of carbonyl (C=O) groups is 1. The molecule has 21 heavy (non-hydrogen) atoms. The van der Waals surface area contributed by atoms with Crippen molar-refractivity contribution in [2.75, 3.05) is 17.2 Å². The fourth-order valence-electron chi connectivity index (χ4n) is 2.10. The van der Waals surface area contributed by atoms with E-state index in [1.54, 1.807) is 12.1 Å². The average molecular weight is 285 g/mol. The predicted molar refractivity (Wildman–Crippen MR) is 81.3 cm³/mol. The maximum atomic E-state index is 12.6. The van der Waals surface area contributed by atoms with E-state index in [4.69, 9.17) is 5.73 Å². The molecule has 0 saturated heterocycles. The van der Waals surface area contributed by atoms with E-state index in [0.29, 0.717) is 6.54 Å². The van der Waals surface area contributed by atoms with Crippen molar-refractivity contribution < 1.29 is 9.72 Å². The number of nitrogens with zero attached hydrogens (tertiary/aromatic N) is 2. The van der Waals surface area contributed by atoms with E-state index in [1.165, 1.54) is 23.1 Å². The Hall–Kier alpha value is -2.89. The highest BCUT2D eigenvalue weighted by atomic mass is 16.6. The van der Waals surface area contributed by atoms with E-state index in [1.807, 2.05) is 25.1 Å². The molecule has 0 fully saturated rings. The van der Waals surface area contributed by atoms with Gasteiger partial charge in [-0.25, -0.2) is 0 Å². The molecule has 0 heterocycles. The molecule has 6 nitrogen and oxygen atoms in total. The lowest BCUT2D eigenvalue weighted by Crippen LogP contribution is -2.31. The van der Waals surface area contributed by atoms with Crippen LogP contribution in [-0.4, -0.2) is 17.4 Å². The second-order valence-electron chi connectivity index (χ2n) is 4.38. The Kier molecular flexibility index (Phi) is 4.18. The Labute approximate surface area is 121 Å². The van der Waals surface area contributed by atoms with Crippen LogP contribution in [0.2, 0.25) is 0 Å². The summed E-state index contributed by atoms with van der Waals surface area (Å²) in [4.78, 5) is 24.4. The molecule has 6 heteroatoms. The van der Waals surface area contributed by atoms with Crippen LogP contribution in [0.1, 0.15) is 17.3 Å². The van der Waals surface area contributed by atoms with Crippen molar-refractivity contribution in [3.63, 3.8) is 0 Å². The van der Waals surface area contributed by atoms with Crippen LogP contribution in [-0.2, 0) is 0 Å². The topological polar surface area (TPSA) is 89.5 Å². The highest BCUT2D eigenvalue weighted by molar-refractivity contribution is 6.10. The van der Waals surface area contributed by atoms with Crippen LogP contribution < -0.4 is 10.6 Å². The zero-order valence-electron chi connectivity index (χ0n) is 11.5. The number of nitrogen functional groups attached to an aromatic ring is 1. The van der Waals surface area contributed by atoms with E-state index in [-0.39, 0.29) is 22.8 Å². The third-order valence-electron chi connectivity index (χ3n) is 3.14. The first-order valence-electron chi connectivity index (χ1n) is 6.46. The van der Waals surface area contributed by atoms with Crippen LogP contribution in [0.15, 0.2) is 48.5 Å². The first-order chi connectivity index (χ1) is 10.1. The molecule has 0 saturated carbocycles. The molecule has 2 aromatic carbocycles. The summed E-state index contributed by atoms with van der Waals surface area (Å²) in [6, 6.07) is 13.3. The standard InChI is InChI=1S/C15H15N3O3/c1-2-17(11-7-4-3-5-8-11)15(19)12-9-6-10-13(14(12)16)18(20)21/h3-10H,2,16H2,1H3. The van der Waals surface area contributed by atoms with Gasteiger partial charge in [-0.3, -0.25) is 14.9 Å². The number of rotatable bonds is 4. The number of nitro groups is 1. The van der Waals surface area contributed by atoms with Crippen molar-refractivity contribution >= 4 is 23.0 Å². The van der Waals surface area contributed by atoms with Gasteiger partial charge in [-0.1, -0.05) is 24.3 Å². The summed E-state index contributed by atoms with van der Waals surface area (Å²) in [6.45, 7) is 2.27. The zero-order valence-corrected chi connectivity index (χ0v) is 11.5. The van der Waals surface area contributed by atoms with E-state index in [9.17, 15) is 14.9 Å². The second kappa shape index (κ2) is 6.04. The van der Waals surface area contributed by atoms with Gasteiger partial charge in [0.25, 0.3) is 11.6 Å². The van der Waals surface area contributed by atoms with Crippen LogP contribution in [0.25, 0.3) is 0 Å². The molecule has 2 N–H and O–H groups in total. The predicted octanol–water partition coefficient (Wildman–Crippen LogP) is 2.84. The molecular formula is C15H15N3O3. The summed E-state index contributed by atoms with van der Waals surface area (Å²) in [5.74, 6) is -0.357. The molecule has 0 spiro atoms. The minimum atomic E-state index is -0.592. The number of nitrogens with two attached hydrogens (primary N) is 1.